The maximum atomic E-state index is 12.9. The third kappa shape index (κ3) is 3.15. The maximum Gasteiger partial charge on any atom is 0.419 e. The van der Waals surface area contributed by atoms with Gasteiger partial charge in [0.2, 0.25) is 0 Å². The Hall–Kier alpha value is -1.59. The molecule has 5 heteroatoms. The Labute approximate surface area is 157 Å². The number of nitrogens with zero attached hydrogens (tertiary/aromatic N) is 1. The Balaban J connectivity index is 2.32. The van der Waals surface area contributed by atoms with Gasteiger partial charge in [0.1, 0.15) is 5.60 Å². The second-order valence-corrected chi connectivity index (χ2v) is 8.12. The molecule has 1 heterocycles. The number of rotatable bonds is 1. The summed E-state index contributed by atoms with van der Waals surface area (Å²) in [5, 5.41) is 0.967. The fourth-order valence-corrected chi connectivity index (χ4v) is 3.79. The van der Waals surface area contributed by atoms with Gasteiger partial charge >= 0.3 is 6.09 Å². The number of fused-ring (bicyclic) bond motifs is 1. The van der Waals surface area contributed by atoms with E-state index in [0.717, 1.165) is 31.1 Å². The molecule has 0 fully saturated rings. The summed E-state index contributed by atoms with van der Waals surface area (Å²) in [6.07, 6.45) is -0.393. The quantitative estimate of drug-likeness (QED) is 0.417. The van der Waals surface area contributed by atoms with Crippen LogP contribution in [0, 0.1) is 0 Å². The number of aromatic nitrogens is 1. The van der Waals surface area contributed by atoms with E-state index in [4.69, 9.17) is 4.74 Å². The maximum absolute atomic E-state index is 12.9. The Kier molecular flexibility index (Phi) is 4.58. The SMILES string of the molecule is CC(C)(C)OC(=O)n1c(-c2ccccc2Br)c(Br)c2ccccc21. The fourth-order valence-electron chi connectivity index (χ4n) is 2.59. The molecule has 0 spiro atoms. The van der Waals surface area contributed by atoms with E-state index in [1.54, 1.807) is 4.57 Å². The van der Waals surface area contributed by atoms with Gasteiger partial charge in [-0.1, -0.05) is 52.3 Å². The summed E-state index contributed by atoms with van der Waals surface area (Å²) in [6, 6.07) is 15.6. The molecule has 124 valence electrons. The average molecular weight is 451 g/mol. The van der Waals surface area contributed by atoms with E-state index in [0.29, 0.717) is 0 Å². The third-order valence-electron chi connectivity index (χ3n) is 3.52. The van der Waals surface area contributed by atoms with Crippen LogP contribution in [0.15, 0.2) is 57.5 Å². The Morgan fingerprint density at radius 2 is 1.62 bits per heavy atom. The first kappa shape index (κ1) is 17.2. The molecule has 0 saturated heterocycles. The molecule has 0 aliphatic heterocycles. The normalized spacial score (nSPS) is 11.7. The van der Waals surface area contributed by atoms with E-state index in [2.05, 4.69) is 31.9 Å². The Morgan fingerprint density at radius 3 is 2.29 bits per heavy atom. The molecule has 0 atom stereocenters. The molecule has 24 heavy (non-hydrogen) atoms. The van der Waals surface area contributed by atoms with Crippen molar-refractivity contribution in [1.29, 1.82) is 0 Å². The molecule has 0 amide bonds. The monoisotopic (exact) mass is 449 g/mol. The van der Waals surface area contributed by atoms with E-state index < -0.39 is 11.7 Å². The Bertz CT molecular complexity index is 923. The molecule has 1 aromatic heterocycles. The molecule has 0 bridgehead atoms. The number of para-hydroxylation sites is 1. The first-order valence-corrected chi connectivity index (χ1v) is 9.15. The van der Waals surface area contributed by atoms with Crippen LogP contribution >= 0.6 is 31.9 Å². The fraction of sp³-hybridized carbons (Fsp3) is 0.211. The molecule has 3 aromatic rings. The van der Waals surface area contributed by atoms with Crippen LogP contribution in [-0.2, 0) is 4.74 Å². The largest absolute Gasteiger partial charge is 0.443 e. The predicted molar refractivity (Wildman–Crippen MR) is 104 cm³/mol. The van der Waals surface area contributed by atoms with Crippen LogP contribution in [0.4, 0.5) is 4.79 Å². The van der Waals surface area contributed by atoms with Crippen LogP contribution in [0.25, 0.3) is 22.2 Å². The summed E-state index contributed by atoms with van der Waals surface area (Å²) in [6.45, 7) is 5.59. The van der Waals surface area contributed by atoms with Crippen LogP contribution < -0.4 is 0 Å². The summed E-state index contributed by atoms with van der Waals surface area (Å²) in [5.74, 6) is 0. The smallest absolute Gasteiger partial charge is 0.419 e. The zero-order valence-corrected chi connectivity index (χ0v) is 16.8. The highest BCUT2D eigenvalue weighted by molar-refractivity contribution is 9.11. The van der Waals surface area contributed by atoms with E-state index in [9.17, 15) is 4.79 Å². The molecular weight excluding hydrogens is 434 g/mol. The topological polar surface area (TPSA) is 31.2 Å². The zero-order chi connectivity index (χ0) is 17.5. The lowest BCUT2D eigenvalue weighted by Gasteiger charge is -2.21. The lowest BCUT2D eigenvalue weighted by molar-refractivity contribution is 0.0547. The molecule has 0 saturated carbocycles. The van der Waals surface area contributed by atoms with Crippen LogP contribution in [-0.4, -0.2) is 16.3 Å². The molecule has 0 radical (unpaired) electrons. The van der Waals surface area contributed by atoms with Crippen LogP contribution in [0.2, 0.25) is 0 Å². The zero-order valence-electron chi connectivity index (χ0n) is 13.6. The van der Waals surface area contributed by atoms with Gasteiger partial charge in [-0.25, -0.2) is 9.36 Å². The molecule has 0 unspecified atom stereocenters. The predicted octanol–water partition coefficient (Wildman–Crippen LogP) is 6.62. The van der Waals surface area contributed by atoms with Gasteiger partial charge in [-0.15, -0.1) is 0 Å². The van der Waals surface area contributed by atoms with Gasteiger partial charge < -0.3 is 4.74 Å². The molecule has 3 rings (SSSR count). The van der Waals surface area contributed by atoms with E-state index in [1.165, 1.54) is 0 Å². The second-order valence-electron chi connectivity index (χ2n) is 6.48. The number of hydrogen-bond donors (Lipinski definition) is 0. The minimum atomic E-state index is -0.569. The van der Waals surface area contributed by atoms with Crippen molar-refractivity contribution in [2.45, 2.75) is 26.4 Å². The summed E-state index contributed by atoms with van der Waals surface area (Å²) in [7, 11) is 0. The van der Waals surface area contributed by atoms with Gasteiger partial charge in [-0.3, -0.25) is 0 Å². The minimum Gasteiger partial charge on any atom is -0.443 e. The van der Waals surface area contributed by atoms with Gasteiger partial charge in [0.05, 0.1) is 15.7 Å². The van der Waals surface area contributed by atoms with Gasteiger partial charge in [0.25, 0.3) is 0 Å². The van der Waals surface area contributed by atoms with Gasteiger partial charge in [0.15, 0.2) is 0 Å². The summed E-state index contributed by atoms with van der Waals surface area (Å²) in [4.78, 5) is 12.9. The highest BCUT2D eigenvalue weighted by atomic mass is 79.9. The number of carbonyl (C=O) groups is 1. The summed E-state index contributed by atoms with van der Waals surface area (Å²) < 4.78 is 9.05. The highest BCUT2D eigenvalue weighted by Gasteiger charge is 2.26. The number of hydrogen-bond acceptors (Lipinski definition) is 2. The van der Waals surface area contributed by atoms with Gasteiger partial charge in [0, 0.05) is 15.4 Å². The van der Waals surface area contributed by atoms with Crippen molar-refractivity contribution in [2.24, 2.45) is 0 Å². The number of carbonyl (C=O) groups excluding carboxylic acids is 1. The molecular formula is C19H17Br2NO2. The molecule has 0 aliphatic carbocycles. The van der Waals surface area contributed by atoms with Crippen LogP contribution in [0.1, 0.15) is 20.8 Å². The van der Waals surface area contributed by atoms with E-state index in [-0.39, 0.29) is 0 Å². The molecule has 3 nitrogen and oxygen atoms in total. The molecule has 0 N–H and O–H groups in total. The van der Waals surface area contributed by atoms with E-state index >= 15 is 0 Å². The summed E-state index contributed by atoms with van der Waals surface area (Å²) in [5.41, 5.74) is 1.94. The van der Waals surface area contributed by atoms with Crippen molar-refractivity contribution >= 4 is 48.9 Å². The van der Waals surface area contributed by atoms with Gasteiger partial charge in [-0.2, -0.15) is 0 Å². The second kappa shape index (κ2) is 6.37. The number of ether oxygens (including phenoxy) is 1. The lowest BCUT2D eigenvalue weighted by atomic mass is 10.1. The third-order valence-corrected chi connectivity index (χ3v) is 5.01. The standard InChI is InChI=1S/C19H17Br2NO2/c1-19(2,3)24-18(23)22-15-11-7-5-9-13(15)16(21)17(22)12-8-4-6-10-14(12)20/h4-11H,1-3H3. The first-order valence-electron chi connectivity index (χ1n) is 7.57. The Morgan fingerprint density at radius 1 is 1.00 bits per heavy atom. The minimum absolute atomic E-state index is 0.393. The van der Waals surface area contributed by atoms with Crippen molar-refractivity contribution in [3.05, 3.63) is 57.5 Å². The van der Waals surface area contributed by atoms with Crippen molar-refractivity contribution in [1.82, 2.24) is 4.57 Å². The average Bonchev–Trinajstić information content (AvgIpc) is 2.80. The number of halogens is 2. The summed E-state index contributed by atoms with van der Waals surface area (Å²) >= 11 is 7.25. The molecule has 0 aliphatic rings. The van der Waals surface area contributed by atoms with Crippen molar-refractivity contribution < 1.29 is 9.53 Å². The van der Waals surface area contributed by atoms with E-state index in [1.807, 2.05) is 69.3 Å². The lowest BCUT2D eigenvalue weighted by Crippen LogP contribution is -2.27. The first-order chi connectivity index (χ1) is 11.3. The van der Waals surface area contributed by atoms with Crippen LogP contribution in [0.5, 0.6) is 0 Å². The van der Waals surface area contributed by atoms with Crippen molar-refractivity contribution in [3.63, 3.8) is 0 Å². The number of benzene rings is 2. The highest BCUT2D eigenvalue weighted by Crippen LogP contribution is 2.40. The van der Waals surface area contributed by atoms with Crippen molar-refractivity contribution in [3.8, 4) is 11.3 Å². The van der Waals surface area contributed by atoms with Gasteiger partial charge in [-0.05, 0) is 48.8 Å². The molecule has 2 aromatic carbocycles. The van der Waals surface area contributed by atoms with Crippen LogP contribution in [0.3, 0.4) is 0 Å². The van der Waals surface area contributed by atoms with Crippen molar-refractivity contribution in [2.75, 3.05) is 0 Å².